The number of benzene rings is 2. The van der Waals surface area contributed by atoms with Crippen molar-refractivity contribution in [2.45, 2.75) is 39.2 Å². The Labute approximate surface area is 194 Å². The Bertz CT molecular complexity index is 1240. The molecule has 1 aromatic heterocycles. The van der Waals surface area contributed by atoms with Gasteiger partial charge in [-0.25, -0.2) is 17.8 Å². The highest BCUT2D eigenvalue weighted by Crippen LogP contribution is 2.43. The van der Waals surface area contributed by atoms with Gasteiger partial charge in [0.1, 0.15) is 27.2 Å². The largest absolute Gasteiger partial charge is 0.494 e. The highest BCUT2D eigenvalue weighted by Gasteiger charge is 2.29. The molecule has 0 fully saturated rings. The second-order valence-corrected chi connectivity index (χ2v) is 10.8. The van der Waals surface area contributed by atoms with Crippen molar-refractivity contribution in [3.63, 3.8) is 0 Å². The van der Waals surface area contributed by atoms with E-state index in [0.717, 1.165) is 40.7 Å². The summed E-state index contributed by atoms with van der Waals surface area (Å²) in [6.45, 7) is 4.38. The van der Waals surface area contributed by atoms with Gasteiger partial charge in [0.05, 0.1) is 24.6 Å². The third-order valence-corrected chi connectivity index (χ3v) is 6.95. The minimum absolute atomic E-state index is 0.106. The first-order chi connectivity index (χ1) is 15.7. The highest BCUT2D eigenvalue weighted by molar-refractivity contribution is 7.90. The summed E-state index contributed by atoms with van der Waals surface area (Å²) in [6.07, 6.45) is 8.08. The van der Waals surface area contributed by atoms with E-state index in [4.69, 9.17) is 4.74 Å². The van der Waals surface area contributed by atoms with Crippen LogP contribution >= 0.6 is 0 Å². The number of ether oxygens (including phenoxy) is 1. The van der Waals surface area contributed by atoms with Crippen LogP contribution in [0.1, 0.15) is 41.1 Å². The first-order valence-corrected chi connectivity index (χ1v) is 13.0. The molecule has 0 radical (unpaired) electrons. The average molecular weight is 470 g/mol. The summed E-state index contributed by atoms with van der Waals surface area (Å²) in [5.74, 6) is 1.23. The molecule has 1 N–H and O–H groups in total. The maximum absolute atomic E-state index is 14.9. The topological polar surface area (TPSA) is 81.2 Å². The fourth-order valence-electron chi connectivity index (χ4n) is 4.59. The number of anilines is 1. The van der Waals surface area contributed by atoms with Gasteiger partial charge < -0.3 is 10.1 Å². The number of hydrogen-bond acceptors (Lipinski definition) is 6. The van der Waals surface area contributed by atoms with Gasteiger partial charge in [-0.1, -0.05) is 6.07 Å². The van der Waals surface area contributed by atoms with Gasteiger partial charge in [-0.05, 0) is 79.1 Å². The zero-order chi connectivity index (χ0) is 23.6. The van der Waals surface area contributed by atoms with Crippen LogP contribution in [0.2, 0.25) is 0 Å². The predicted molar refractivity (Wildman–Crippen MR) is 128 cm³/mol. The molecule has 1 heterocycles. The Morgan fingerprint density at radius 3 is 2.61 bits per heavy atom. The number of nitrogens with one attached hydrogen (secondary N) is 1. The average Bonchev–Trinajstić information content (AvgIpc) is 3.17. The molecule has 1 aliphatic carbocycles. The molecule has 2 aromatic carbocycles. The van der Waals surface area contributed by atoms with Gasteiger partial charge in [0.25, 0.3) is 0 Å². The number of halogens is 1. The molecule has 8 heteroatoms. The molecular formula is C25H28FN3O3S. The summed E-state index contributed by atoms with van der Waals surface area (Å²) in [5, 5.41) is 3.32. The van der Waals surface area contributed by atoms with Crippen LogP contribution in [0.4, 0.5) is 10.2 Å². The van der Waals surface area contributed by atoms with E-state index in [1.807, 2.05) is 32.0 Å². The quantitative estimate of drug-likeness (QED) is 0.477. The normalized spacial score (nSPS) is 15.3. The van der Waals surface area contributed by atoms with Crippen LogP contribution in [0, 0.1) is 19.7 Å². The molecule has 4 rings (SSSR count). The molecule has 0 bridgehead atoms. The number of rotatable bonds is 8. The molecule has 6 nitrogen and oxygen atoms in total. The minimum Gasteiger partial charge on any atom is -0.494 e. The maximum atomic E-state index is 14.9. The number of nitrogens with zero attached hydrogens (tertiary/aromatic N) is 2. The van der Waals surface area contributed by atoms with Crippen LogP contribution in [0.5, 0.6) is 5.75 Å². The summed E-state index contributed by atoms with van der Waals surface area (Å²) in [5.41, 5.74) is 5.89. The molecule has 0 aliphatic heterocycles. The second-order valence-electron chi connectivity index (χ2n) is 8.58. The van der Waals surface area contributed by atoms with Crippen LogP contribution in [-0.2, 0) is 16.3 Å². The lowest BCUT2D eigenvalue weighted by atomic mass is 9.90. The Morgan fingerprint density at radius 1 is 1.18 bits per heavy atom. The standard InChI is InChI=1S/C25H28FN3O3S/c1-16-13-18(32-11-4-12-33(3,30)31)14-17(2)24(16)19-5-7-21(26)25-20(19)6-8-22(25)29-23-15-27-9-10-28-23/h5,7,9-10,13-15,22H,4,6,8,11-12H2,1-3H3,(H,28,29)/t22-/m1/s1. The number of aromatic nitrogens is 2. The molecule has 0 unspecified atom stereocenters. The van der Waals surface area contributed by atoms with Crippen molar-refractivity contribution in [2.75, 3.05) is 23.9 Å². The zero-order valence-corrected chi connectivity index (χ0v) is 19.9. The van der Waals surface area contributed by atoms with E-state index in [-0.39, 0.29) is 17.6 Å². The fourth-order valence-corrected chi connectivity index (χ4v) is 5.23. The molecule has 0 spiro atoms. The maximum Gasteiger partial charge on any atom is 0.147 e. The van der Waals surface area contributed by atoms with E-state index in [9.17, 15) is 12.8 Å². The van der Waals surface area contributed by atoms with E-state index < -0.39 is 9.84 Å². The van der Waals surface area contributed by atoms with Crippen LogP contribution in [0.25, 0.3) is 11.1 Å². The first-order valence-electron chi connectivity index (χ1n) is 11.0. The highest BCUT2D eigenvalue weighted by atomic mass is 32.2. The van der Waals surface area contributed by atoms with Gasteiger partial charge in [0.15, 0.2) is 0 Å². The monoisotopic (exact) mass is 469 g/mol. The van der Waals surface area contributed by atoms with Crippen LogP contribution < -0.4 is 10.1 Å². The number of aryl methyl sites for hydroxylation is 2. The van der Waals surface area contributed by atoms with E-state index in [2.05, 4.69) is 15.3 Å². The molecule has 0 saturated heterocycles. The third kappa shape index (κ3) is 5.33. The lowest BCUT2D eigenvalue weighted by Gasteiger charge is -2.19. The number of hydrogen-bond donors (Lipinski definition) is 1. The van der Waals surface area contributed by atoms with Crippen LogP contribution in [0.3, 0.4) is 0 Å². The summed E-state index contributed by atoms with van der Waals surface area (Å²) in [4.78, 5) is 8.34. The fraction of sp³-hybridized carbons (Fsp3) is 0.360. The predicted octanol–water partition coefficient (Wildman–Crippen LogP) is 4.81. The molecule has 174 valence electrons. The Morgan fingerprint density at radius 2 is 1.94 bits per heavy atom. The molecule has 33 heavy (non-hydrogen) atoms. The smallest absolute Gasteiger partial charge is 0.147 e. The van der Waals surface area contributed by atoms with E-state index in [1.54, 1.807) is 24.7 Å². The van der Waals surface area contributed by atoms with Crippen LogP contribution in [0.15, 0.2) is 42.9 Å². The van der Waals surface area contributed by atoms with Gasteiger partial charge in [-0.15, -0.1) is 0 Å². The summed E-state index contributed by atoms with van der Waals surface area (Å²) >= 11 is 0. The second kappa shape index (κ2) is 9.47. The SMILES string of the molecule is Cc1cc(OCCCS(C)(=O)=O)cc(C)c1-c1ccc(F)c2c1CC[C@H]2Nc1cnccn1. The molecule has 0 saturated carbocycles. The molecule has 3 aromatic rings. The molecular weight excluding hydrogens is 441 g/mol. The Kier molecular flexibility index (Phi) is 6.65. The van der Waals surface area contributed by atoms with Gasteiger partial charge in [0, 0.05) is 24.2 Å². The van der Waals surface area contributed by atoms with Crippen molar-refractivity contribution in [1.82, 2.24) is 9.97 Å². The van der Waals surface area contributed by atoms with E-state index in [1.165, 1.54) is 6.26 Å². The molecule has 0 amide bonds. The van der Waals surface area contributed by atoms with Crippen molar-refractivity contribution in [3.8, 4) is 16.9 Å². The lowest BCUT2D eigenvalue weighted by Crippen LogP contribution is -2.10. The van der Waals surface area contributed by atoms with Crippen LogP contribution in [-0.4, -0.2) is 37.0 Å². The van der Waals surface area contributed by atoms with Crippen molar-refractivity contribution in [3.05, 3.63) is 70.9 Å². The number of fused-ring (bicyclic) bond motifs is 1. The van der Waals surface area contributed by atoms with Gasteiger partial charge >= 0.3 is 0 Å². The van der Waals surface area contributed by atoms with E-state index in [0.29, 0.717) is 30.2 Å². The first kappa shape index (κ1) is 23.2. The summed E-state index contributed by atoms with van der Waals surface area (Å²) in [6, 6.07) is 7.17. The van der Waals surface area contributed by atoms with Gasteiger partial charge in [-0.2, -0.15) is 0 Å². The third-order valence-electron chi connectivity index (χ3n) is 5.92. The van der Waals surface area contributed by atoms with Crippen molar-refractivity contribution < 1.29 is 17.5 Å². The van der Waals surface area contributed by atoms with Crippen molar-refractivity contribution >= 4 is 15.7 Å². The van der Waals surface area contributed by atoms with E-state index >= 15 is 0 Å². The zero-order valence-electron chi connectivity index (χ0n) is 19.1. The molecule has 1 aliphatic rings. The lowest BCUT2D eigenvalue weighted by molar-refractivity contribution is 0.317. The molecule has 1 atom stereocenters. The Hall–Kier alpha value is -3.00. The Balaban J connectivity index is 1.60. The summed E-state index contributed by atoms with van der Waals surface area (Å²) < 4.78 is 43.3. The number of sulfone groups is 1. The van der Waals surface area contributed by atoms with Crippen molar-refractivity contribution in [2.24, 2.45) is 0 Å². The van der Waals surface area contributed by atoms with Gasteiger partial charge in [-0.3, -0.25) is 4.98 Å². The minimum atomic E-state index is -2.99. The van der Waals surface area contributed by atoms with Gasteiger partial charge in [0.2, 0.25) is 0 Å². The summed E-state index contributed by atoms with van der Waals surface area (Å²) in [7, 11) is -2.99. The van der Waals surface area contributed by atoms with Crippen molar-refractivity contribution in [1.29, 1.82) is 0 Å².